The number of aliphatic imine (C=N–C) groups is 1. The summed E-state index contributed by atoms with van der Waals surface area (Å²) < 4.78 is 29.5. The molecule has 10 heteroatoms. The molecule has 5 rings (SSSR count). The van der Waals surface area contributed by atoms with E-state index in [9.17, 15) is 13.9 Å². The summed E-state index contributed by atoms with van der Waals surface area (Å²) in [6, 6.07) is 8.71. The second-order valence-electron chi connectivity index (χ2n) is 9.10. The van der Waals surface area contributed by atoms with Crippen molar-refractivity contribution in [3.05, 3.63) is 118 Å². The van der Waals surface area contributed by atoms with Gasteiger partial charge in [0.2, 0.25) is 5.88 Å². The van der Waals surface area contributed by atoms with Crippen LogP contribution in [0.4, 0.5) is 8.78 Å². The lowest BCUT2D eigenvalue weighted by molar-refractivity contribution is 0.257. The van der Waals surface area contributed by atoms with Crippen molar-refractivity contribution < 1.29 is 13.9 Å². The second kappa shape index (κ2) is 9.82. The number of aryl methyl sites for hydroxylation is 1. The smallest absolute Gasteiger partial charge is 0.204 e. The number of hydrogen-bond donors (Lipinski definition) is 1. The number of aliphatic hydroxyl groups is 1. The molecular weight excluding hydrogens is 498 g/mol. The van der Waals surface area contributed by atoms with Crippen LogP contribution in [0.2, 0.25) is 5.02 Å². The monoisotopic (exact) mass is 522 g/mol. The fourth-order valence-electron chi connectivity index (χ4n) is 4.70. The van der Waals surface area contributed by atoms with E-state index in [-0.39, 0.29) is 18.3 Å². The summed E-state index contributed by atoms with van der Waals surface area (Å²) in [7, 11) is 1.76. The molecule has 0 aliphatic carbocycles. The molecule has 2 aromatic heterocycles. The molecule has 1 fully saturated rings. The third-order valence-corrected chi connectivity index (χ3v) is 6.72. The highest BCUT2D eigenvalue weighted by Gasteiger charge is 2.34. The van der Waals surface area contributed by atoms with Crippen LogP contribution in [0, 0.1) is 11.6 Å². The Morgan fingerprint density at radius 1 is 1.19 bits per heavy atom. The number of aliphatic hydroxyl groups excluding tert-OH is 1. The molecule has 1 atom stereocenters. The largest absolute Gasteiger partial charge is 0.494 e. The van der Waals surface area contributed by atoms with Crippen LogP contribution in [-0.4, -0.2) is 48.6 Å². The number of benzene rings is 1. The Labute approximate surface area is 218 Å². The van der Waals surface area contributed by atoms with Gasteiger partial charge in [0.05, 0.1) is 22.8 Å². The lowest BCUT2D eigenvalue weighted by Crippen LogP contribution is -2.36. The summed E-state index contributed by atoms with van der Waals surface area (Å²) in [6.45, 7) is 9.62. The summed E-state index contributed by atoms with van der Waals surface area (Å²) in [5, 5.41) is 16.5. The van der Waals surface area contributed by atoms with Gasteiger partial charge in [-0.1, -0.05) is 24.8 Å². The van der Waals surface area contributed by atoms with Gasteiger partial charge in [-0.15, -0.1) is 0 Å². The van der Waals surface area contributed by atoms with Crippen LogP contribution in [0.25, 0.3) is 0 Å². The summed E-state index contributed by atoms with van der Waals surface area (Å²) in [5.74, 6) is -1.09. The molecule has 0 amide bonds. The van der Waals surface area contributed by atoms with Crippen LogP contribution in [0.3, 0.4) is 0 Å². The molecule has 0 bridgehead atoms. The number of hydrogen-bond acceptors (Lipinski definition) is 6. The van der Waals surface area contributed by atoms with E-state index in [2.05, 4.69) is 33.1 Å². The molecule has 0 saturated carbocycles. The first-order valence-corrected chi connectivity index (χ1v) is 12.1. The van der Waals surface area contributed by atoms with E-state index in [4.69, 9.17) is 11.6 Å². The van der Waals surface area contributed by atoms with Crippen molar-refractivity contribution in [3.8, 4) is 0 Å². The molecule has 0 radical (unpaired) electrons. The van der Waals surface area contributed by atoms with Gasteiger partial charge in [-0.3, -0.25) is 14.6 Å². The third-order valence-electron chi connectivity index (χ3n) is 6.50. The number of amidine groups is 1. The third kappa shape index (κ3) is 4.99. The van der Waals surface area contributed by atoms with E-state index in [1.807, 2.05) is 12.1 Å². The minimum atomic E-state index is -0.709. The van der Waals surface area contributed by atoms with Gasteiger partial charge in [-0.05, 0) is 42.3 Å². The maximum Gasteiger partial charge on any atom is 0.204 e. The van der Waals surface area contributed by atoms with Crippen LogP contribution in [-0.2, 0) is 13.6 Å². The van der Waals surface area contributed by atoms with Crippen LogP contribution in [0.1, 0.15) is 29.3 Å². The summed E-state index contributed by atoms with van der Waals surface area (Å²) in [6.07, 6.45) is 4.22. The first-order valence-electron chi connectivity index (χ1n) is 11.7. The lowest BCUT2D eigenvalue weighted by Gasteiger charge is -2.33. The molecule has 3 aromatic rings. The molecule has 7 nitrogen and oxygen atoms in total. The van der Waals surface area contributed by atoms with Crippen molar-refractivity contribution in [3.63, 3.8) is 0 Å². The Bertz CT molecular complexity index is 1430. The van der Waals surface area contributed by atoms with Gasteiger partial charge in [-0.2, -0.15) is 5.10 Å². The molecule has 2 aliphatic heterocycles. The molecule has 1 unspecified atom stereocenters. The first-order chi connectivity index (χ1) is 17.7. The van der Waals surface area contributed by atoms with Gasteiger partial charge in [0.25, 0.3) is 0 Å². The molecule has 2 aliphatic rings. The number of pyridine rings is 1. The molecule has 1 N–H and O–H groups in total. The summed E-state index contributed by atoms with van der Waals surface area (Å²) >= 11 is 5.98. The second-order valence-corrected chi connectivity index (χ2v) is 9.54. The van der Waals surface area contributed by atoms with Crippen molar-refractivity contribution in [2.24, 2.45) is 12.0 Å². The standard InChI is InChI=1S/C27H25ClF2N6O/c1-16-25(17(2)35-9-6-19(15-35)23-5-4-20(28)13-31-23)27(37)36(14-18-10-21(29)12-22(30)11-18)26(32-16)24-7-8-34(3)33-24/h4-5,7-8,10-13,19,37H,1-2,6,9,14-15H2,3H3. The number of nitrogens with zero attached hydrogens (tertiary/aromatic N) is 6. The summed E-state index contributed by atoms with van der Waals surface area (Å²) in [5.41, 5.74) is 2.97. The average Bonchev–Trinajstić information content (AvgIpc) is 3.50. The van der Waals surface area contributed by atoms with Gasteiger partial charge >= 0.3 is 0 Å². The SMILES string of the molecule is C=C1N=C(c2ccn(C)n2)N(Cc2cc(F)cc(F)c2)C(O)=C1C(=C)N1CCC(c2ccc(Cl)cn2)C1. The highest BCUT2D eigenvalue weighted by molar-refractivity contribution is 6.30. The van der Waals surface area contributed by atoms with E-state index >= 15 is 0 Å². The first kappa shape index (κ1) is 24.7. The highest BCUT2D eigenvalue weighted by Crippen LogP contribution is 2.36. The van der Waals surface area contributed by atoms with Crippen molar-refractivity contribution in [2.75, 3.05) is 13.1 Å². The Hall–Kier alpha value is -3.98. The molecule has 37 heavy (non-hydrogen) atoms. The topological polar surface area (TPSA) is 69.8 Å². The van der Waals surface area contributed by atoms with Gasteiger partial charge < -0.3 is 10.0 Å². The van der Waals surface area contributed by atoms with E-state index < -0.39 is 11.6 Å². The van der Waals surface area contributed by atoms with Gasteiger partial charge in [0, 0.05) is 55.9 Å². The van der Waals surface area contributed by atoms with Gasteiger partial charge in [0.1, 0.15) is 17.3 Å². The number of likely N-dealkylation sites (tertiary alicyclic amines) is 1. The minimum Gasteiger partial charge on any atom is -0.494 e. The van der Waals surface area contributed by atoms with Crippen molar-refractivity contribution in [1.29, 1.82) is 0 Å². The molecule has 0 spiro atoms. The average molecular weight is 523 g/mol. The predicted octanol–water partition coefficient (Wildman–Crippen LogP) is 5.30. The molecule has 1 saturated heterocycles. The highest BCUT2D eigenvalue weighted by atomic mass is 35.5. The van der Waals surface area contributed by atoms with Gasteiger partial charge in [-0.25, -0.2) is 13.8 Å². The molecule has 1 aromatic carbocycles. The van der Waals surface area contributed by atoms with E-state index in [1.165, 1.54) is 17.0 Å². The van der Waals surface area contributed by atoms with Crippen molar-refractivity contribution >= 4 is 17.4 Å². The zero-order valence-electron chi connectivity index (χ0n) is 20.2. The normalized spacial score (nSPS) is 18.0. The van der Waals surface area contributed by atoms with E-state index in [0.29, 0.717) is 52.2 Å². The zero-order valence-corrected chi connectivity index (χ0v) is 21.0. The maximum absolute atomic E-state index is 13.9. The summed E-state index contributed by atoms with van der Waals surface area (Å²) in [4.78, 5) is 12.6. The Kier molecular flexibility index (Phi) is 6.55. The number of rotatable bonds is 6. The van der Waals surface area contributed by atoms with Crippen LogP contribution < -0.4 is 0 Å². The Morgan fingerprint density at radius 2 is 1.95 bits per heavy atom. The molecule has 4 heterocycles. The van der Waals surface area contributed by atoms with Crippen molar-refractivity contribution in [1.82, 2.24) is 24.6 Å². The van der Waals surface area contributed by atoms with Crippen LogP contribution >= 0.6 is 11.6 Å². The Balaban J connectivity index is 1.47. The molecular formula is C27H25ClF2N6O. The quantitative estimate of drug-likeness (QED) is 0.476. The Morgan fingerprint density at radius 3 is 2.59 bits per heavy atom. The van der Waals surface area contributed by atoms with E-state index in [1.54, 1.807) is 30.2 Å². The number of halogens is 3. The van der Waals surface area contributed by atoms with Gasteiger partial charge in [0.15, 0.2) is 5.84 Å². The minimum absolute atomic E-state index is 0.0443. The maximum atomic E-state index is 13.9. The van der Waals surface area contributed by atoms with Crippen LogP contribution in [0.5, 0.6) is 0 Å². The predicted molar refractivity (Wildman–Crippen MR) is 138 cm³/mol. The van der Waals surface area contributed by atoms with Crippen molar-refractivity contribution in [2.45, 2.75) is 18.9 Å². The van der Waals surface area contributed by atoms with Crippen LogP contribution in [0.15, 0.2) is 89.8 Å². The lowest BCUT2D eigenvalue weighted by atomic mass is 10.0. The number of aromatic nitrogens is 3. The zero-order chi connectivity index (χ0) is 26.3. The molecule has 190 valence electrons. The fourth-order valence-corrected chi connectivity index (χ4v) is 4.81. The fraction of sp³-hybridized carbons (Fsp3) is 0.222. The van der Waals surface area contributed by atoms with E-state index in [0.717, 1.165) is 18.2 Å².